The van der Waals surface area contributed by atoms with Crippen molar-refractivity contribution in [3.05, 3.63) is 59.9 Å². The molecule has 0 aliphatic carbocycles. The predicted molar refractivity (Wildman–Crippen MR) is 104 cm³/mol. The number of phenolic OH excluding ortho intramolecular Hbond substituents is 1. The third-order valence-corrected chi connectivity index (χ3v) is 4.68. The summed E-state index contributed by atoms with van der Waals surface area (Å²) < 4.78 is 14.4. The Labute approximate surface area is 154 Å². The van der Waals surface area contributed by atoms with E-state index in [9.17, 15) is 5.11 Å². The van der Waals surface area contributed by atoms with Crippen LogP contribution < -0.4 is 10.6 Å². The van der Waals surface area contributed by atoms with Crippen LogP contribution in [0.15, 0.2) is 52.9 Å². The van der Waals surface area contributed by atoms with Crippen molar-refractivity contribution in [1.82, 2.24) is 8.75 Å². The number of hydrogen-bond donors (Lipinski definition) is 3. The molecule has 2 aromatic carbocycles. The summed E-state index contributed by atoms with van der Waals surface area (Å²) in [5, 5.41) is 17.8. The van der Waals surface area contributed by atoms with E-state index in [1.807, 2.05) is 55.5 Å². The van der Waals surface area contributed by atoms with Crippen LogP contribution in [0.25, 0.3) is 11.0 Å². The fourth-order valence-electron chi connectivity index (χ4n) is 2.79. The fraction of sp³-hybridized carbons (Fsp3) is 0.158. The lowest BCUT2D eigenvalue weighted by Gasteiger charge is -2.10. The van der Waals surface area contributed by atoms with Crippen molar-refractivity contribution in [1.29, 1.82) is 0 Å². The van der Waals surface area contributed by atoms with Gasteiger partial charge in [-0.3, -0.25) is 0 Å². The Morgan fingerprint density at radius 2 is 1.92 bits per heavy atom. The number of nitrogens with zero attached hydrogens (tertiary/aromatic N) is 2. The number of anilines is 3. The van der Waals surface area contributed by atoms with Crippen LogP contribution in [0.1, 0.15) is 18.2 Å². The minimum Gasteiger partial charge on any atom is -0.505 e. The Bertz CT molecular complexity index is 1010. The second-order valence-electron chi connectivity index (χ2n) is 5.86. The number of benzene rings is 2. The molecule has 6 nitrogen and oxygen atoms in total. The van der Waals surface area contributed by atoms with E-state index in [0.29, 0.717) is 23.9 Å². The van der Waals surface area contributed by atoms with Gasteiger partial charge in [-0.05, 0) is 30.2 Å². The molecule has 2 heterocycles. The zero-order valence-corrected chi connectivity index (χ0v) is 15.0. The van der Waals surface area contributed by atoms with Gasteiger partial charge in [0.1, 0.15) is 17.1 Å². The van der Waals surface area contributed by atoms with Gasteiger partial charge in [0, 0.05) is 5.39 Å². The lowest BCUT2D eigenvalue weighted by Crippen LogP contribution is -2.02. The lowest BCUT2D eigenvalue weighted by atomic mass is 10.1. The highest BCUT2D eigenvalue weighted by Crippen LogP contribution is 2.32. The number of para-hydroxylation sites is 2. The summed E-state index contributed by atoms with van der Waals surface area (Å²) in [5.41, 5.74) is 2.36. The first-order valence-corrected chi connectivity index (χ1v) is 9.09. The molecule has 2 aromatic heterocycles. The maximum absolute atomic E-state index is 10.3. The molecular weight excluding hydrogens is 348 g/mol. The Morgan fingerprint density at radius 1 is 1.08 bits per heavy atom. The van der Waals surface area contributed by atoms with Gasteiger partial charge in [-0.15, -0.1) is 0 Å². The molecule has 0 fully saturated rings. The molecule has 0 aliphatic rings. The standard InChI is InChI=1S/C19H18N4O2S/c1-2-12-7-5-8-15(17(12)24)21-19-18(22-26-23-19)20-11-14-10-13-6-3-4-9-16(13)25-14/h3-10,24H,2,11H2,1H3,(H,20,22)(H,21,23). The number of aryl methyl sites for hydroxylation is 1. The number of fused-ring (bicyclic) bond motifs is 1. The topological polar surface area (TPSA) is 83.2 Å². The van der Waals surface area contributed by atoms with Gasteiger partial charge in [0.2, 0.25) is 0 Å². The molecule has 0 aliphatic heterocycles. The molecule has 0 atom stereocenters. The third-order valence-electron chi connectivity index (χ3n) is 4.15. The van der Waals surface area contributed by atoms with Crippen LogP contribution in [0.2, 0.25) is 0 Å². The normalized spacial score (nSPS) is 11.0. The van der Waals surface area contributed by atoms with Crippen LogP contribution in [0.4, 0.5) is 17.3 Å². The zero-order chi connectivity index (χ0) is 17.9. The van der Waals surface area contributed by atoms with Crippen LogP contribution in [0.5, 0.6) is 5.75 Å². The van der Waals surface area contributed by atoms with E-state index >= 15 is 0 Å². The molecular formula is C19H18N4O2S. The molecule has 4 rings (SSSR count). The van der Waals surface area contributed by atoms with E-state index in [4.69, 9.17) is 4.42 Å². The van der Waals surface area contributed by atoms with Crippen LogP contribution in [-0.4, -0.2) is 13.9 Å². The first-order valence-electron chi connectivity index (χ1n) is 8.36. The minimum absolute atomic E-state index is 0.242. The van der Waals surface area contributed by atoms with E-state index in [1.54, 1.807) is 0 Å². The molecule has 0 unspecified atom stereocenters. The van der Waals surface area contributed by atoms with Crippen molar-refractivity contribution in [2.24, 2.45) is 0 Å². The molecule has 0 bridgehead atoms. The van der Waals surface area contributed by atoms with Crippen molar-refractivity contribution in [3.63, 3.8) is 0 Å². The van der Waals surface area contributed by atoms with Crippen molar-refractivity contribution >= 4 is 40.0 Å². The van der Waals surface area contributed by atoms with Gasteiger partial charge < -0.3 is 20.2 Å². The lowest BCUT2D eigenvalue weighted by molar-refractivity contribution is 0.471. The summed E-state index contributed by atoms with van der Waals surface area (Å²) in [6.07, 6.45) is 0.758. The maximum Gasteiger partial charge on any atom is 0.188 e. The smallest absolute Gasteiger partial charge is 0.188 e. The highest BCUT2D eigenvalue weighted by atomic mass is 32.1. The molecule has 132 valence electrons. The monoisotopic (exact) mass is 366 g/mol. The first kappa shape index (κ1) is 16.4. The number of rotatable bonds is 6. The Morgan fingerprint density at radius 3 is 2.77 bits per heavy atom. The Balaban J connectivity index is 1.50. The molecule has 0 amide bonds. The van der Waals surface area contributed by atoms with E-state index in [0.717, 1.165) is 40.4 Å². The predicted octanol–water partition coefficient (Wildman–Crippen LogP) is 4.91. The van der Waals surface area contributed by atoms with Crippen molar-refractivity contribution < 1.29 is 9.52 Å². The van der Waals surface area contributed by atoms with Gasteiger partial charge in [0.15, 0.2) is 11.6 Å². The average Bonchev–Trinajstić information content (AvgIpc) is 3.27. The maximum atomic E-state index is 10.3. The molecule has 26 heavy (non-hydrogen) atoms. The minimum atomic E-state index is 0.242. The summed E-state index contributed by atoms with van der Waals surface area (Å²) in [6.45, 7) is 2.50. The van der Waals surface area contributed by atoms with Crippen LogP contribution in [0.3, 0.4) is 0 Å². The van der Waals surface area contributed by atoms with E-state index < -0.39 is 0 Å². The van der Waals surface area contributed by atoms with Gasteiger partial charge in [-0.2, -0.15) is 8.75 Å². The van der Waals surface area contributed by atoms with Gasteiger partial charge >= 0.3 is 0 Å². The van der Waals surface area contributed by atoms with Crippen molar-refractivity contribution in [2.45, 2.75) is 19.9 Å². The molecule has 0 radical (unpaired) electrons. The average molecular weight is 366 g/mol. The van der Waals surface area contributed by atoms with Crippen LogP contribution >= 0.6 is 11.7 Å². The highest BCUT2D eigenvalue weighted by Gasteiger charge is 2.12. The summed E-state index contributed by atoms with van der Waals surface area (Å²) >= 11 is 1.10. The Kier molecular flexibility index (Phi) is 4.45. The van der Waals surface area contributed by atoms with Gasteiger partial charge in [0.25, 0.3) is 0 Å². The number of furan rings is 1. The first-order chi connectivity index (χ1) is 12.7. The molecule has 4 aromatic rings. The summed E-state index contributed by atoms with van der Waals surface area (Å²) in [7, 11) is 0. The van der Waals surface area contributed by atoms with Crippen molar-refractivity contribution in [2.75, 3.05) is 10.6 Å². The van der Waals surface area contributed by atoms with Crippen LogP contribution in [-0.2, 0) is 13.0 Å². The van der Waals surface area contributed by atoms with E-state index in [1.165, 1.54) is 0 Å². The number of aromatic nitrogens is 2. The molecule has 0 spiro atoms. The summed E-state index contributed by atoms with van der Waals surface area (Å²) in [5.74, 6) is 2.26. The Hall–Kier alpha value is -3.06. The molecule has 3 N–H and O–H groups in total. The second-order valence-corrected chi connectivity index (χ2v) is 6.39. The highest BCUT2D eigenvalue weighted by molar-refractivity contribution is 6.99. The number of nitrogens with one attached hydrogen (secondary N) is 2. The van der Waals surface area contributed by atoms with Gasteiger partial charge in [0.05, 0.1) is 24.0 Å². The van der Waals surface area contributed by atoms with Gasteiger partial charge in [-0.25, -0.2) is 0 Å². The fourth-order valence-corrected chi connectivity index (χ4v) is 3.27. The summed E-state index contributed by atoms with van der Waals surface area (Å²) in [6, 6.07) is 15.5. The zero-order valence-electron chi connectivity index (χ0n) is 14.2. The largest absolute Gasteiger partial charge is 0.505 e. The number of hydrogen-bond acceptors (Lipinski definition) is 7. The molecule has 0 saturated carbocycles. The van der Waals surface area contributed by atoms with Crippen molar-refractivity contribution in [3.8, 4) is 5.75 Å². The molecule has 7 heteroatoms. The quantitative estimate of drug-likeness (QED) is 0.421. The van der Waals surface area contributed by atoms with Crippen LogP contribution in [0, 0.1) is 0 Å². The second kappa shape index (κ2) is 7.05. The number of phenols is 1. The SMILES string of the molecule is CCc1cccc(Nc2nsnc2NCc2cc3ccccc3o2)c1O. The van der Waals surface area contributed by atoms with E-state index in [-0.39, 0.29) is 5.75 Å². The summed E-state index contributed by atoms with van der Waals surface area (Å²) in [4.78, 5) is 0. The third kappa shape index (κ3) is 3.21. The molecule has 0 saturated heterocycles. The number of aromatic hydroxyl groups is 1. The van der Waals surface area contributed by atoms with Gasteiger partial charge in [-0.1, -0.05) is 37.3 Å². The van der Waals surface area contributed by atoms with E-state index in [2.05, 4.69) is 19.4 Å².